The van der Waals surface area contributed by atoms with Crippen LogP contribution in [0.4, 0.5) is 0 Å². The summed E-state index contributed by atoms with van der Waals surface area (Å²) in [5.74, 6) is -0.295. The number of unbranched alkanes of at least 4 members (excludes halogenated alkanes) is 1. The SMILES string of the molecule is CCCCOCCOC(=O)c1cccc2ccc3ccccc3c12. The molecule has 0 heterocycles. The van der Waals surface area contributed by atoms with E-state index in [-0.39, 0.29) is 12.6 Å². The first kappa shape index (κ1) is 16.5. The third-order valence-corrected chi connectivity index (χ3v) is 4.09. The van der Waals surface area contributed by atoms with Crippen LogP contribution in [0.5, 0.6) is 0 Å². The van der Waals surface area contributed by atoms with Crippen LogP contribution < -0.4 is 0 Å². The summed E-state index contributed by atoms with van der Waals surface area (Å²) in [5, 5.41) is 4.18. The van der Waals surface area contributed by atoms with E-state index in [1.807, 2.05) is 42.5 Å². The number of carbonyl (C=O) groups excluding carboxylic acids is 1. The lowest BCUT2D eigenvalue weighted by Crippen LogP contribution is -2.11. The topological polar surface area (TPSA) is 35.5 Å². The summed E-state index contributed by atoms with van der Waals surface area (Å²) in [4.78, 5) is 12.5. The third-order valence-electron chi connectivity index (χ3n) is 4.09. The van der Waals surface area contributed by atoms with Gasteiger partial charge < -0.3 is 9.47 Å². The van der Waals surface area contributed by atoms with E-state index in [2.05, 4.69) is 19.1 Å². The molecule has 0 unspecified atom stereocenters. The second-order valence-corrected chi connectivity index (χ2v) is 5.79. The Kier molecular flexibility index (Phi) is 5.44. The summed E-state index contributed by atoms with van der Waals surface area (Å²) >= 11 is 0. The molecule has 0 aliphatic heterocycles. The fourth-order valence-corrected chi connectivity index (χ4v) is 2.85. The zero-order chi connectivity index (χ0) is 16.8. The average Bonchev–Trinajstić information content (AvgIpc) is 2.63. The molecule has 0 saturated carbocycles. The van der Waals surface area contributed by atoms with Gasteiger partial charge in [0.05, 0.1) is 12.2 Å². The van der Waals surface area contributed by atoms with Gasteiger partial charge in [-0.05, 0) is 28.6 Å². The lowest BCUT2D eigenvalue weighted by atomic mass is 9.98. The van der Waals surface area contributed by atoms with Gasteiger partial charge in [0.2, 0.25) is 0 Å². The Bertz CT molecular complexity index is 839. The Morgan fingerprint density at radius 1 is 0.875 bits per heavy atom. The summed E-state index contributed by atoms with van der Waals surface area (Å²) in [6, 6.07) is 18.0. The summed E-state index contributed by atoms with van der Waals surface area (Å²) in [5.41, 5.74) is 0.609. The highest BCUT2D eigenvalue weighted by molar-refractivity contribution is 6.16. The molecule has 0 saturated heterocycles. The minimum absolute atomic E-state index is 0.281. The third kappa shape index (κ3) is 3.57. The first-order valence-electron chi connectivity index (χ1n) is 8.46. The molecule has 0 aliphatic rings. The van der Waals surface area contributed by atoms with Crippen LogP contribution in [0.1, 0.15) is 30.1 Å². The Balaban J connectivity index is 1.81. The highest BCUT2D eigenvalue weighted by atomic mass is 16.6. The molecule has 3 heteroatoms. The summed E-state index contributed by atoms with van der Waals surface area (Å²) in [7, 11) is 0. The average molecular weight is 322 g/mol. The van der Waals surface area contributed by atoms with E-state index in [0.717, 1.165) is 34.4 Å². The van der Waals surface area contributed by atoms with Crippen LogP contribution >= 0.6 is 0 Å². The molecule has 0 bridgehead atoms. The van der Waals surface area contributed by atoms with Crippen molar-refractivity contribution in [2.45, 2.75) is 19.8 Å². The molecule has 0 aliphatic carbocycles. The lowest BCUT2D eigenvalue weighted by Gasteiger charge is -2.10. The quantitative estimate of drug-likeness (QED) is 0.350. The molecule has 124 valence electrons. The molecule has 0 N–H and O–H groups in total. The standard InChI is InChI=1S/C21H22O3/c1-2-3-13-23-14-15-24-21(22)19-10-6-8-17-12-11-16-7-4-5-9-18(16)20(17)19/h4-12H,2-3,13-15H2,1H3. The van der Waals surface area contributed by atoms with Crippen molar-refractivity contribution in [2.24, 2.45) is 0 Å². The van der Waals surface area contributed by atoms with E-state index in [0.29, 0.717) is 18.8 Å². The maximum absolute atomic E-state index is 12.5. The smallest absolute Gasteiger partial charge is 0.338 e. The van der Waals surface area contributed by atoms with Gasteiger partial charge in [0.1, 0.15) is 6.61 Å². The van der Waals surface area contributed by atoms with E-state index < -0.39 is 0 Å². The van der Waals surface area contributed by atoms with Gasteiger partial charge in [0.25, 0.3) is 0 Å². The molecular formula is C21H22O3. The van der Waals surface area contributed by atoms with Crippen molar-refractivity contribution in [3.63, 3.8) is 0 Å². The van der Waals surface area contributed by atoms with Crippen LogP contribution in [0.2, 0.25) is 0 Å². The molecule has 3 nitrogen and oxygen atoms in total. The minimum Gasteiger partial charge on any atom is -0.460 e. The van der Waals surface area contributed by atoms with Crippen molar-refractivity contribution >= 4 is 27.5 Å². The van der Waals surface area contributed by atoms with Gasteiger partial charge in [-0.15, -0.1) is 0 Å². The molecule has 3 aromatic carbocycles. The van der Waals surface area contributed by atoms with E-state index in [9.17, 15) is 4.79 Å². The molecule has 24 heavy (non-hydrogen) atoms. The van der Waals surface area contributed by atoms with Crippen LogP contribution in [0.15, 0.2) is 54.6 Å². The largest absolute Gasteiger partial charge is 0.460 e. The molecular weight excluding hydrogens is 300 g/mol. The molecule has 0 fully saturated rings. The van der Waals surface area contributed by atoms with Crippen molar-refractivity contribution < 1.29 is 14.3 Å². The molecule has 0 spiro atoms. The Morgan fingerprint density at radius 3 is 2.54 bits per heavy atom. The van der Waals surface area contributed by atoms with Crippen molar-refractivity contribution in [1.29, 1.82) is 0 Å². The van der Waals surface area contributed by atoms with Gasteiger partial charge in [-0.3, -0.25) is 0 Å². The van der Waals surface area contributed by atoms with Gasteiger partial charge in [-0.1, -0.05) is 61.9 Å². The fourth-order valence-electron chi connectivity index (χ4n) is 2.85. The normalized spacial score (nSPS) is 11.0. The zero-order valence-electron chi connectivity index (χ0n) is 14.0. The maximum atomic E-state index is 12.5. The van der Waals surface area contributed by atoms with E-state index in [1.54, 1.807) is 0 Å². The zero-order valence-corrected chi connectivity index (χ0v) is 14.0. The number of hydrogen-bond acceptors (Lipinski definition) is 3. The van der Waals surface area contributed by atoms with E-state index in [4.69, 9.17) is 9.47 Å². The summed E-state index contributed by atoms with van der Waals surface area (Å²) in [6.45, 7) is 3.56. The molecule has 0 amide bonds. The molecule has 0 radical (unpaired) electrons. The van der Waals surface area contributed by atoms with Crippen molar-refractivity contribution in [3.05, 3.63) is 60.2 Å². The molecule has 3 rings (SSSR count). The molecule has 0 aromatic heterocycles. The number of ether oxygens (including phenoxy) is 2. The van der Waals surface area contributed by atoms with Crippen molar-refractivity contribution in [3.8, 4) is 0 Å². The van der Waals surface area contributed by atoms with Crippen molar-refractivity contribution in [1.82, 2.24) is 0 Å². The van der Waals surface area contributed by atoms with Crippen molar-refractivity contribution in [2.75, 3.05) is 19.8 Å². The first-order chi connectivity index (χ1) is 11.8. The highest BCUT2D eigenvalue weighted by Crippen LogP contribution is 2.28. The van der Waals surface area contributed by atoms with Crippen LogP contribution in [0.3, 0.4) is 0 Å². The number of carbonyl (C=O) groups is 1. The first-order valence-corrected chi connectivity index (χ1v) is 8.46. The maximum Gasteiger partial charge on any atom is 0.338 e. The fraction of sp³-hybridized carbons (Fsp3) is 0.286. The predicted molar refractivity (Wildman–Crippen MR) is 97.5 cm³/mol. The minimum atomic E-state index is -0.295. The van der Waals surface area contributed by atoms with Gasteiger partial charge >= 0.3 is 5.97 Å². The number of esters is 1. The Morgan fingerprint density at radius 2 is 1.67 bits per heavy atom. The number of hydrogen-bond donors (Lipinski definition) is 0. The lowest BCUT2D eigenvalue weighted by molar-refractivity contribution is 0.0316. The van der Waals surface area contributed by atoms with E-state index >= 15 is 0 Å². The van der Waals surface area contributed by atoms with Gasteiger partial charge in [0, 0.05) is 12.0 Å². The van der Waals surface area contributed by atoms with Crippen LogP contribution in [-0.4, -0.2) is 25.8 Å². The van der Waals surface area contributed by atoms with Gasteiger partial charge in [-0.25, -0.2) is 4.79 Å². The second-order valence-electron chi connectivity index (χ2n) is 5.79. The highest BCUT2D eigenvalue weighted by Gasteiger charge is 2.13. The number of rotatable bonds is 7. The number of fused-ring (bicyclic) bond motifs is 3. The number of benzene rings is 3. The Hall–Kier alpha value is -2.39. The Labute approximate surface area is 142 Å². The van der Waals surface area contributed by atoms with Crippen LogP contribution in [-0.2, 0) is 9.47 Å². The van der Waals surface area contributed by atoms with E-state index in [1.165, 1.54) is 0 Å². The predicted octanol–water partition coefficient (Wildman–Crippen LogP) is 4.97. The summed E-state index contributed by atoms with van der Waals surface area (Å²) in [6.07, 6.45) is 2.13. The monoisotopic (exact) mass is 322 g/mol. The van der Waals surface area contributed by atoms with Crippen LogP contribution in [0, 0.1) is 0 Å². The molecule has 0 atom stereocenters. The van der Waals surface area contributed by atoms with Crippen LogP contribution in [0.25, 0.3) is 21.5 Å². The second kappa shape index (κ2) is 7.93. The van der Waals surface area contributed by atoms with Gasteiger partial charge in [-0.2, -0.15) is 0 Å². The molecule has 3 aromatic rings. The summed E-state index contributed by atoms with van der Waals surface area (Å²) < 4.78 is 10.8. The van der Waals surface area contributed by atoms with Gasteiger partial charge in [0.15, 0.2) is 0 Å².